The van der Waals surface area contributed by atoms with Crippen molar-refractivity contribution in [2.24, 2.45) is 0 Å². The average Bonchev–Trinajstić information content (AvgIpc) is 3.24. The van der Waals surface area contributed by atoms with Crippen LogP contribution in [0.1, 0.15) is 12.8 Å². The van der Waals surface area contributed by atoms with Gasteiger partial charge in [0.1, 0.15) is 0 Å². The van der Waals surface area contributed by atoms with Crippen LogP contribution in [0.3, 0.4) is 0 Å². The fourth-order valence-electron chi connectivity index (χ4n) is 7.22. The second-order valence-corrected chi connectivity index (χ2v) is 15.3. The minimum absolute atomic E-state index is 0.154. The van der Waals surface area contributed by atoms with Crippen molar-refractivity contribution >= 4 is 50.3 Å². The van der Waals surface area contributed by atoms with E-state index in [1.807, 2.05) is 48.5 Å². The molecule has 0 spiro atoms. The third-order valence-electron chi connectivity index (χ3n) is 11.0. The third kappa shape index (κ3) is 9.26. The van der Waals surface area contributed by atoms with E-state index in [0.717, 1.165) is 21.9 Å². The first-order valence-corrected chi connectivity index (χ1v) is 18.9. The average molecular weight is 752 g/mol. The van der Waals surface area contributed by atoms with Gasteiger partial charge in [0.05, 0.1) is 101 Å². The largest absolute Gasteiger partial charge is 0.493 e. The molecule has 16 rings (SSSR count). The van der Waals surface area contributed by atoms with Crippen molar-refractivity contribution in [2.75, 3.05) is 105 Å². The van der Waals surface area contributed by atoms with Gasteiger partial charge in [-0.15, -0.1) is 0 Å². The molecule has 20 heteroatoms. The van der Waals surface area contributed by atoms with Crippen molar-refractivity contribution in [3.05, 3.63) is 48.5 Å². The third-order valence-corrected chi connectivity index (χ3v) is 11.0. The lowest BCUT2D eigenvalue weighted by molar-refractivity contribution is 0.00299. The van der Waals surface area contributed by atoms with Crippen molar-refractivity contribution < 1.29 is 57.7 Å². The fourth-order valence-corrected chi connectivity index (χ4v) is 7.22. The minimum atomic E-state index is -0.741. The molecular formula is C34H52B4N4O12. The molecule has 8 N–H and O–H groups in total. The topological polar surface area (TPSA) is 203 Å². The van der Waals surface area contributed by atoms with Crippen molar-refractivity contribution in [2.45, 2.75) is 35.0 Å². The van der Waals surface area contributed by atoms with Gasteiger partial charge in [0.25, 0.3) is 0 Å². The number of benzene rings is 2. The molecule has 0 amide bonds. The summed E-state index contributed by atoms with van der Waals surface area (Å²) in [5.74, 6) is 0. The fraction of sp³-hybridized carbons (Fsp3) is 0.647. The van der Waals surface area contributed by atoms with Crippen LogP contribution in [0.4, 0.5) is 0 Å². The molecule has 2 aromatic rings. The zero-order chi connectivity index (χ0) is 37.5. The Bertz CT molecular complexity index is 1240. The van der Waals surface area contributed by atoms with Gasteiger partial charge >= 0.3 is 28.5 Å². The Kier molecular flexibility index (Phi) is 13.5. The highest BCUT2D eigenvalue weighted by Crippen LogP contribution is 2.19. The Morgan fingerprint density at radius 2 is 0.556 bits per heavy atom. The van der Waals surface area contributed by atoms with Gasteiger partial charge in [-0.1, -0.05) is 48.5 Å². The van der Waals surface area contributed by atoms with E-state index < -0.39 is 50.6 Å². The van der Waals surface area contributed by atoms with Crippen LogP contribution in [0.15, 0.2) is 48.5 Å². The summed E-state index contributed by atoms with van der Waals surface area (Å²) in [6.07, 6.45) is 1.42. The van der Waals surface area contributed by atoms with Crippen LogP contribution in [0.2, 0.25) is 0 Å². The first kappa shape index (κ1) is 40.3. The second-order valence-electron chi connectivity index (χ2n) is 15.3. The standard InChI is InChI=1S/C34H52B4N4O12/c43-15-31-19-47-35(48-20-31)27-3-7-29(8-4-27)37-51-23-33(17-45,24-52-37)41-13-2-14-42-34(18-46)25-53-38(54-26-34)30-9-5-28(6-10-30)36-49-21-32(16-44,22-50-36)40-12-1-11-39-31/h3-10,39-46H,1-2,11-26H2. The summed E-state index contributed by atoms with van der Waals surface area (Å²) in [7, 11) is -2.34. The molecule has 0 aliphatic carbocycles. The first-order valence-electron chi connectivity index (χ1n) is 18.9. The molecule has 0 unspecified atom stereocenters. The maximum absolute atomic E-state index is 10.3. The lowest BCUT2D eigenvalue weighted by atomic mass is 9.72. The van der Waals surface area contributed by atoms with E-state index in [9.17, 15) is 20.4 Å². The van der Waals surface area contributed by atoms with Crippen LogP contribution in [-0.2, 0) is 37.2 Å². The molecule has 16 nitrogen and oxygen atoms in total. The van der Waals surface area contributed by atoms with Crippen LogP contribution >= 0.6 is 0 Å². The number of rotatable bonds is 4. The van der Waals surface area contributed by atoms with Crippen molar-refractivity contribution in [1.29, 1.82) is 0 Å². The van der Waals surface area contributed by atoms with Crippen LogP contribution in [0, 0.1) is 0 Å². The summed E-state index contributed by atoms with van der Waals surface area (Å²) in [5.41, 5.74) is 0.375. The van der Waals surface area contributed by atoms with Crippen LogP contribution in [0.5, 0.6) is 0 Å². The summed E-state index contributed by atoms with van der Waals surface area (Å²) in [4.78, 5) is 0. The SMILES string of the molecule is OCC12COB(OC1)c1ccc(cc1)B1OCC(CO)(CO1)NCCCNC1(CO)COB(OC1)c1ccc(cc1)B1OCC(CO)(CO1)NCCCN2. The summed E-state index contributed by atoms with van der Waals surface area (Å²) in [6.45, 7) is 3.81. The van der Waals surface area contributed by atoms with Crippen molar-refractivity contribution in [3.8, 4) is 0 Å². The Balaban J connectivity index is 0.997. The normalized spacial score (nSPS) is 32.1. The lowest BCUT2D eigenvalue weighted by Gasteiger charge is -2.40. The molecule has 14 heterocycles. The van der Waals surface area contributed by atoms with Crippen LogP contribution in [0.25, 0.3) is 0 Å². The van der Waals surface area contributed by atoms with E-state index in [0.29, 0.717) is 39.0 Å². The van der Waals surface area contributed by atoms with Gasteiger partial charge in [-0.2, -0.15) is 0 Å². The number of hydrogen-bond donors (Lipinski definition) is 8. The molecule has 0 aromatic heterocycles. The summed E-state index contributed by atoms with van der Waals surface area (Å²) in [6, 6.07) is 15.3. The van der Waals surface area contributed by atoms with E-state index in [1.54, 1.807) is 0 Å². The second kappa shape index (κ2) is 18.1. The maximum atomic E-state index is 10.3. The Morgan fingerprint density at radius 3 is 0.722 bits per heavy atom. The molecule has 12 bridgehead atoms. The zero-order valence-corrected chi connectivity index (χ0v) is 30.7. The lowest BCUT2D eigenvalue weighted by Crippen LogP contribution is -2.64. The smallest absolute Gasteiger partial charge is 0.405 e. The van der Waals surface area contributed by atoms with E-state index in [1.165, 1.54) is 0 Å². The van der Waals surface area contributed by atoms with E-state index >= 15 is 0 Å². The molecule has 4 fully saturated rings. The zero-order valence-electron chi connectivity index (χ0n) is 30.7. The molecule has 0 saturated carbocycles. The maximum Gasteiger partial charge on any atom is 0.493 e. The van der Waals surface area contributed by atoms with E-state index in [-0.39, 0.29) is 79.3 Å². The van der Waals surface area contributed by atoms with Gasteiger partial charge in [0.2, 0.25) is 0 Å². The monoisotopic (exact) mass is 752 g/mol. The molecule has 0 radical (unpaired) electrons. The van der Waals surface area contributed by atoms with Crippen LogP contribution in [-0.4, -0.2) is 177 Å². The number of aliphatic hydroxyl groups is 4. The van der Waals surface area contributed by atoms with Gasteiger partial charge < -0.3 is 78.9 Å². The highest BCUT2D eigenvalue weighted by molar-refractivity contribution is 6.64. The summed E-state index contributed by atoms with van der Waals surface area (Å²) < 4.78 is 48.6. The molecular weight excluding hydrogens is 700 g/mol. The van der Waals surface area contributed by atoms with Crippen molar-refractivity contribution in [1.82, 2.24) is 21.3 Å². The van der Waals surface area contributed by atoms with Gasteiger partial charge in [-0.05, 0) is 60.9 Å². The molecule has 14 aliphatic rings. The number of aliphatic hydroxyl groups excluding tert-OH is 4. The predicted octanol–water partition coefficient (Wildman–Crippen LogP) is -5.57. The molecule has 2 aromatic carbocycles. The van der Waals surface area contributed by atoms with Crippen molar-refractivity contribution in [3.63, 3.8) is 0 Å². The highest BCUT2D eigenvalue weighted by atomic mass is 16.6. The summed E-state index contributed by atoms with van der Waals surface area (Å²) >= 11 is 0. The van der Waals surface area contributed by atoms with Crippen LogP contribution < -0.4 is 43.1 Å². The van der Waals surface area contributed by atoms with E-state index in [2.05, 4.69) is 21.3 Å². The minimum Gasteiger partial charge on any atom is -0.405 e. The van der Waals surface area contributed by atoms with Gasteiger partial charge in [0, 0.05) is 0 Å². The summed E-state index contributed by atoms with van der Waals surface area (Å²) in [5, 5.41) is 54.8. The molecule has 292 valence electrons. The number of hydrogen-bond acceptors (Lipinski definition) is 16. The Morgan fingerprint density at radius 1 is 0.370 bits per heavy atom. The van der Waals surface area contributed by atoms with Gasteiger partial charge in [0.15, 0.2) is 0 Å². The first-order chi connectivity index (χ1) is 26.4. The molecule has 54 heavy (non-hydrogen) atoms. The molecule has 0 atom stereocenters. The number of nitrogens with one attached hydrogen (secondary N) is 4. The van der Waals surface area contributed by atoms with Gasteiger partial charge in [-0.3, -0.25) is 0 Å². The Labute approximate surface area is 317 Å². The predicted molar refractivity (Wildman–Crippen MR) is 203 cm³/mol. The van der Waals surface area contributed by atoms with E-state index in [4.69, 9.17) is 37.2 Å². The van der Waals surface area contributed by atoms with Gasteiger partial charge in [-0.25, -0.2) is 0 Å². The quantitative estimate of drug-likeness (QED) is 0.137. The Hall–Kier alpha value is -1.94. The molecule has 14 aliphatic heterocycles. The highest BCUT2D eigenvalue weighted by Gasteiger charge is 2.43. The molecule has 4 saturated heterocycles.